The fourth-order valence-corrected chi connectivity index (χ4v) is 20.7. The van der Waals surface area contributed by atoms with Gasteiger partial charge in [-0.05, 0) is 160 Å². The van der Waals surface area contributed by atoms with Crippen LogP contribution < -0.4 is 30.2 Å². The van der Waals surface area contributed by atoms with Crippen molar-refractivity contribution in [2.45, 2.75) is 105 Å². The Morgan fingerprint density at radius 1 is 0.509 bits per heavy atom. The van der Waals surface area contributed by atoms with Gasteiger partial charge in [-0.1, -0.05) is 109 Å². The second kappa shape index (κ2) is 36.7. The molecular weight excluding hydrogens is 1560 g/mol. The van der Waals surface area contributed by atoms with Gasteiger partial charge in [0.1, 0.15) is 17.2 Å². The van der Waals surface area contributed by atoms with Crippen LogP contribution in [0.1, 0.15) is 112 Å². The molecule has 4 saturated heterocycles. The summed E-state index contributed by atoms with van der Waals surface area (Å²) in [6, 6.07) is 17.1. The molecule has 10 heterocycles. The minimum atomic E-state index is -0.405. The van der Waals surface area contributed by atoms with Crippen molar-refractivity contribution in [1.29, 1.82) is 0 Å². The maximum Gasteiger partial charge on any atom is 0.258 e. The first-order valence-electron chi connectivity index (χ1n) is 34.9. The lowest BCUT2D eigenvalue weighted by molar-refractivity contribution is 0.0271. The van der Waals surface area contributed by atoms with E-state index in [1.165, 1.54) is 103 Å². The van der Waals surface area contributed by atoms with E-state index in [1.54, 1.807) is 92.5 Å². The molecule has 3 aromatic carbocycles. The van der Waals surface area contributed by atoms with Gasteiger partial charge in [-0.2, -0.15) is 34.0 Å². The van der Waals surface area contributed by atoms with Gasteiger partial charge in [-0.15, -0.1) is 0 Å². The van der Waals surface area contributed by atoms with Crippen LogP contribution in [0.2, 0.25) is 0 Å². The van der Waals surface area contributed by atoms with E-state index in [0.29, 0.717) is 105 Å². The number of methoxy groups -OCH3 is 3. The lowest BCUT2D eigenvalue weighted by Crippen LogP contribution is -2.60. The van der Waals surface area contributed by atoms with Crippen molar-refractivity contribution < 1.29 is 43.0 Å². The smallest absolute Gasteiger partial charge is 0.258 e. The molecule has 9 aromatic rings. The highest BCUT2D eigenvalue weighted by molar-refractivity contribution is 8.01. The molecule has 110 heavy (non-hydrogen) atoms. The van der Waals surface area contributed by atoms with Crippen molar-refractivity contribution in [1.82, 2.24) is 44.4 Å². The highest BCUT2D eigenvalue weighted by atomic mass is 32.2. The Labute approximate surface area is 678 Å². The van der Waals surface area contributed by atoms with Gasteiger partial charge < -0.3 is 43.6 Å². The number of aromatic nitrogens is 3. The predicted octanol–water partition coefficient (Wildman–Crippen LogP) is 17.8. The first kappa shape index (κ1) is 81.7. The number of hydrogen-bond acceptors (Lipinski definition) is 24. The normalized spacial score (nSPS) is 16.3. The predicted molar refractivity (Wildman–Crippen MR) is 450 cm³/mol. The van der Waals surface area contributed by atoms with Crippen LogP contribution >= 0.6 is 103 Å². The van der Waals surface area contributed by atoms with Gasteiger partial charge in [0.05, 0.1) is 91.5 Å². The molecule has 4 aliphatic rings. The quantitative estimate of drug-likeness (QED) is 0.0478. The number of thiophene rings is 3. The number of anilines is 3. The molecule has 0 aliphatic carbocycles. The van der Waals surface area contributed by atoms with Crippen LogP contribution in [0, 0.1) is 20.8 Å². The molecule has 2 bridgehead atoms. The highest BCUT2D eigenvalue weighted by Gasteiger charge is 2.44. The fourth-order valence-electron chi connectivity index (χ4n) is 13.0. The number of allylic oxidation sites excluding steroid dienone is 3. The summed E-state index contributed by atoms with van der Waals surface area (Å²) in [5, 5.41) is 21.1. The van der Waals surface area contributed by atoms with Gasteiger partial charge >= 0.3 is 0 Å². The zero-order chi connectivity index (χ0) is 78.7. The van der Waals surface area contributed by atoms with Crippen LogP contribution in [0.4, 0.5) is 15.4 Å². The number of rotatable bonds is 24. The molecule has 4 aliphatic heterocycles. The number of nitrogens with one attached hydrogen (secondary N) is 3. The number of carbonyl (C=O) groups excluding carboxylic acids is 6. The molecule has 13 rings (SSSR count). The molecular formula is C80H86N12O9S9. The number of carbonyl (C=O) groups is 6. The van der Waals surface area contributed by atoms with Crippen LogP contribution in [-0.2, 0) is 0 Å². The molecule has 0 saturated carbocycles. The summed E-state index contributed by atoms with van der Waals surface area (Å²) in [5.74, 6) is 1.03. The summed E-state index contributed by atoms with van der Waals surface area (Å²) in [4.78, 5) is 107. The Hall–Kier alpha value is -9.24. The zero-order valence-corrected chi connectivity index (χ0v) is 69.9. The number of benzene rings is 3. The Morgan fingerprint density at radius 2 is 0.882 bits per heavy atom. The molecule has 0 spiro atoms. The van der Waals surface area contributed by atoms with Gasteiger partial charge in [0.2, 0.25) is 0 Å². The van der Waals surface area contributed by atoms with Crippen LogP contribution in [0.15, 0.2) is 208 Å². The summed E-state index contributed by atoms with van der Waals surface area (Å²) in [6.45, 7) is 41.3. The Bertz CT molecular complexity index is 4740. The monoisotopic (exact) mass is 1650 g/mol. The van der Waals surface area contributed by atoms with Crippen LogP contribution in [0.5, 0.6) is 17.2 Å². The molecule has 574 valence electrons. The lowest BCUT2D eigenvalue weighted by Gasteiger charge is -2.48. The van der Waals surface area contributed by atoms with Crippen molar-refractivity contribution in [2.75, 3.05) is 89.6 Å². The molecule has 3 atom stereocenters. The number of hydrogen-bond donors (Lipinski definition) is 3. The van der Waals surface area contributed by atoms with E-state index in [-0.39, 0.29) is 53.6 Å². The largest absolute Gasteiger partial charge is 0.496 e. The van der Waals surface area contributed by atoms with Crippen molar-refractivity contribution >= 4 is 154 Å². The second-order valence-electron chi connectivity index (χ2n) is 26.7. The van der Waals surface area contributed by atoms with Crippen molar-refractivity contribution in [3.8, 4) is 17.2 Å². The van der Waals surface area contributed by atoms with Crippen LogP contribution in [-0.4, -0.2) is 177 Å². The number of aryl methyl sites for hydroxylation is 3. The lowest BCUT2D eigenvalue weighted by atomic mass is 9.96. The maximum absolute atomic E-state index is 13.9. The number of amides is 6. The third kappa shape index (κ3) is 19.4. The summed E-state index contributed by atoms with van der Waals surface area (Å²) >= 11 is 13.2. The molecule has 0 unspecified atom stereocenters. The third-order valence-corrected chi connectivity index (χ3v) is 27.5. The zero-order valence-electron chi connectivity index (χ0n) is 62.5. The Morgan fingerprint density at radius 3 is 1.25 bits per heavy atom. The fraction of sp³-hybridized carbons (Fsp3) is 0.287. The molecule has 30 heteroatoms. The first-order valence-corrected chi connectivity index (χ1v) is 42.7. The van der Waals surface area contributed by atoms with Gasteiger partial charge in [-0.3, -0.25) is 44.7 Å². The third-order valence-electron chi connectivity index (χ3n) is 19.0. The summed E-state index contributed by atoms with van der Waals surface area (Å²) in [7, 11) is 4.77. The molecule has 21 nitrogen and oxygen atoms in total. The van der Waals surface area contributed by atoms with Crippen LogP contribution in [0.3, 0.4) is 0 Å². The summed E-state index contributed by atoms with van der Waals surface area (Å²) in [6.07, 6.45) is 12.4. The van der Waals surface area contributed by atoms with Gasteiger partial charge in [0.15, 0.2) is 15.4 Å². The van der Waals surface area contributed by atoms with E-state index < -0.39 is 5.54 Å². The van der Waals surface area contributed by atoms with E-state index in [1.807, 2.05) is 94.9 Å². The minimum absolute atomic E-state index is 0.00286. The van der Waals surface area contributed by atoms with Gasteiger partial charge in [-0.25, -0.2) is 15.0 Å². The number of likely N-dealkylation sites (tertiary alicyclic amines) is 1. The summed E-state index contributed by atoms with van der Waals surface area (Å²) in [5.41, 5.74) is 8.69. The number of piperazine rings is 3. The molecule has 4 fully saturated rings. The second-order valence-corrected chi connectivity index (χ2v) is 36.1. The van der Waals surface area contributed by atoms with Crippen molar-refractivity contribution in [2.24, 2.45) is 0 Å². The standard InChI is InChI=1S/C27H28N4O3S3.C27H30N4O3S3.C26H28N4O3S3/c1-5-17(3)30-13-19-6-7-20(14-30)31(19)26(33)21-11-23(16(2)10-22(21)34-4)36-24-12-28-27(37-24)29-25(32)18-8-9-35-15-18;1-7-18(3)30-9-10-31(27(4,5)16-30)25(33)20-13-22(17(2)12-21(20)34-6)36-23-14-28-26(37-23)29-24(32)19-8-11-35-15-19;1-6-17(3)29-8-9-30(18(4)14-29)25(32)20-12-22(16(2)11-21(20)33-5)35-23-13-27-26(36-23)28-24(31)19-7-10-34-15-19/h5,8-12,15,19-20H,1,3,6-7,13-14H2,2,4H3,(H,28,29,32);7-8,11-15H,1,3,9-10,16H2,2,4-6H3,(H,28,29,32);6-7,10-13,15,18H,1,3,8-9,14H2,2,4-5H3,(H,27,28,31)/t19-,20+;;18-/m..0/s1. The number of ether oxygens (including phenoxy) is 3. The maximum atomic E-state index is 13.9. The van der Waals surface area contributed by atoms with E-state index in [9.17, 15) is 28.8 Å². The molecule has 3 N–H and O–H groups in total. The van der Waals surface area contributed by atoms with E-state index >= 15 is 0 Å². The number of fused-ring (bicyclic) bond motifs is 2. The Kier molecular flexibility index (Phi) is 27.3. The van der Waals surface area contributed by atoms with E-state index in [2.05, 4.69) is 98.9 Å². The Balaban J connectivity index is 0.000000164. The average molecular weight is 1650 g/mol. The molecule has 6 aromatic heterocycles. The van der Waals surface area contributed by atoms with Crippen molar-refractivity contribution in [3.63, 3.8) is 0 Å². The van der Waals surface area contributed by atoms with Crippen molar-refractivity contribution in [3.05, 3.63) is 230 Å². The number of nitrogens with zero attached hydrogens (tertiary/aromatic N) is 9. The topological polar surface area (TPSA) is 224 Å². The average Bonchev–Trinajstić information content (AvgIpc) is 1.45. The SMILES string of the molecule is C=CC(=C)N1CCN(C(=O)c2cc(Sc3cnc(NC(=O)c4ccsc4)s3)c(C)cc2OC)C(C)(C)C1.C=CC(=C)N1CCN(C(=O)c2cc(Sc3cnc(NC(=O)c4ccsc4)s3)c(C)cc2OC)[C@@H](C)C1.C=CC(=C)N1C[C@H]2CC[C@@H](C1)N2C(=O)c1cc(Sc2cnc(NC(=O)c3ccsc3)s2)c(C)cc1OC. The summed E-state index contributed by atoms with van der Waals surface area (Å²) < 4.78 is 19.6. The molecule has 0 radical (unpaired) electrons. The first-order chi connectivity index (χ1) is 52.8. The van der Waals surface area contributed by atoms with E-state index in [4.69, 9.17) is 14.2 Å². The molecule has 6 amide bonds. The van der Waals surface area contributed by atoms with Crippen LogP contribution in [0.25, 0.3) is 0 Å². The van der Waals surface area contributed by atoms with Gasteiger partial charge in [0.25, 0.3) is 35.4 Å². The highest BCUT2D eigenvalue weighted by Crippen LogP contribution is 2.44. The number of thiazole rings is 3. The minimum Gasteiger partial charge on any atom is -0.496 e. The van der Waals surface area contributed by atoms with E-state index in [0.717, 1.165) is 87.0 Å². The van der Waals surface area contributed by atoms with Gasteiger partial charge in [0, 0.05) is 118 Å².